The maximum absolute atomic E-state index is 7.10. The summed E-state index contributed by atoms with van der Waals surface area (Å²) in [5, 5.41) is 7.28. The van der Waals surface area contributed by atoms with Crippen LogP contribution in [0.1, 0.15) is 11.1 Å². The molecule has 0 unspecified atom stereocenters. The van der Waals surface area contributed by atoms with Crippen molar-refractivity contribution in [1.29, 1.82) is 0 Å². The van der Waals surface area contributed by atoms with Crippen molar-refractivity contribution in [1.82, 2.24) is 0 Å². The molecule has 4 aliphatic rings. The lowest BCUT2D eigenvalue weighted by atomic mass is 9.92. The molecule has 0 atom stereocenters. The van der Waals surface area contributed by atoms with Gasteiger partial charge in [0.25, 0.3) is 0 Å². The summed E-state index contributed by atoms with van der Waals surface area (Å²) in [5.74, 6) is 4.51. The molecule has 0 N–H and O–H groups in total. The number of rotatable bonds is 3. The minimum absolute atomic E-state index is 0.785. The van der Waals surface area contributed by atoms with Crippen molar-refractivity contribution in [3.8, 4) is 56.4 Å². The van der Waals surface area contributed by atoms with Gasteiger partial charge in [0.15, 0.2) is 23.0 Å². The summed E-state index contributed by atoms with van der Waals surface area (Å²) in [4.78, 5) is 2.43. The minimum atomic E-state index is 0.785. The van der Waals surface area contributed by atoms with E-state index in [4.69, 9.17) is 9.47 Å². The number of allylic oxidation sites excluding steroid dienone is 2. The lowest BCUT2D eigenvalue weighted by Crippen LogP contribution is -2.22. The first kappa shape index (κ1) is 28.5. The van der Waals surface area contributed by atoms with Crippen molar-refractivity contribution in [2.24, 2.45) is 0 Å². The van der Waals surface area contributed by atoms with Gasteiger partial charge >= 0.3 is 0 Å². The predicted molar refractivity (Wildman–Crippen MR) is 220 cm³/mol. The highest BCUT2D eigenvalue weighted by molar-refractivity contribution is 6.14. The lowest BCUT2D eigenvalue weighted by Gasteiger charge is -2.39. The van der Waals surface area contributed by atoms with Crippen LogP contribution in [-0.4, -0.2) is 0 Å². The molecule has 0 amide bonds. The van der Waals surface area contributed by atoms with Gasteiger partial charge < -0.3 is 9.47 Å². The second kappa shape index (κ2) is 10.3. The molecule has 0 saturated heterocycles. The Kier molecular flexibility index (Phi) is 5.42. The normalized spacial score (nSPS) is 14.2. The fraction of sp³-hybridized carbons (Fsp3) is 0. The van der Waals surface area contributed by atoms with Gasteiger partial charge in [-0.25, -0.2) is 0 Å². The Bertz CT molecular complexity index is 3160. The van der Waals surface area contributed by atoms with E-state index in [9.17, 15) is 0 Å². The molecule has 0 fully saturated rings. The maximum atomic E-state index is 7.10. The highest BCUT2D eigenvalue weighted by atomic mass is 16.5. The summed E-state index contributed by atoms with van der Waals surface area (Å²) in [7, 11) is 0. The van der Waals surface area contributed by atoms with E-state index >= 15 is 0 Å². The predicted octanol–water partition coefficient (Wildman–Crippen LogP) is 14.2. The zero-order valence-corrected chi connectivity index (χ0v) is 28.9. The Balaban J connectivity index is 1.09. The average Bonchev–Trinajstić information content (AvgIpc) is 4.04. The van der Waals surface area contributed by atoms with Crippen molar-refractivity contribution in [2.45, 2.75) is 0 Å². The van der Waals surface area contributed by atoms with Crippen LogP contribution in [0.3, 0.4) is 0 Å². The molecular formula is C51H28NO2. The van der Waals surface area contributed by atoms with Crippen LogP contribution in [-0.2, 0) is 0 Å². The van der Waals surface area contributed by atoms with Crippen LogP contribution >= 0.6 is 0 Å². The summed E-state index contributed by atoms with van der Waals surface area (Å²) in [6, 6.07) is 59.0. The molecule has 0 saturated carbocycles. The van der Waals surface area contributed by atoms with E-state index in [-0.39, 0.29) is 0 Å². The second-order valence-corrected chi connectivity index (χ2v) is 14.7. The molecule has 9 aromatic rings. The zero-order valence-electron chi connectivity index (χ0n) is 28.9. The Labute approximate surface area is 311 Å². The summed E-state index contributed by atoms with van der Waals surface area (Å²) in [5.41, 5.74) is 13.5. The maximum Gasteiger partial charge on any atom is 0.156 e. The van der Waals surface area contributed by atoms with Gasteiger partial charge in [-0.1, -0.05) is 133 Å². The molecule has 3 nitrogen and oxygen atoms in total. The number of hydrogen-bond acceptors (Lipinski definition) is 3. The highest BCUT2D eigenvalue weighted by Crippen LogP contribution is 2.69. The number of benzene rings is 9. The van der Waals surface area contributed by atoms with Gasteiger partial charge in [-0.15, -0.1) is 0 Å². The van der Waals surface area contributed by atoms with Crippen LogP contribution in [0.2, 0.25) is 0 Å². The first-order valence-corrected chi connectivity index (χ1v) is 18.5. The Morgan fingerprint density at radius 2 is 0.722 bits per heavy atom. The number of hydrogen-bond donors (Lipinski definition) is 0. The molecule has 1 aliphatic carbocycles. The minimum Gasteiger partial charge on any atom is -0.453 e. The molecule has 249 valence electrons. The topological polar surface area (TPSA) is 21.7 Å². The van der Waals surface area contributed by atoms with Crippen molar-refractivity contribution < 1.29 is 9.47 Å². The Hall–Kier alpha value is -7.10. The Morgan fingerprint density at radius 3 is 1.22 bits per heavy atom. The first-order chi connectivity index (χ1) is 26.7. The van der Waals surface area contributed by atoms with Crippen LogP contribution in [0.4, 0.5) is 17.1 Å². The summed E-state index contributed by atoms with van der Waals surface area (Å²) >= 11 is 0. The SMILES string of the molecule is C1=C2[C]1c1cc(-c3cccc4ccccc34)cc3c1N1c4c(cc(-c5cccc6ccccc56)cc4Oc4cc(-c5cccc6ccccc56)cc2c41)O3. The molecule has 1 radical (unpaired) electrons. The third-order valence-corrected chi connectivity index (χ3v) is 11.7. The molecule has 3 aliphatic heterocycles. The lowest BCUT2D eigenvalue weighted by molar-refractivity contribution is 0.446. The van der Waals surface area contributed by atoms with Crippen LogP contribution in [0, 0.1) is 5.92 Å². The van der Waals surface area contributed by atoms with Gasteiger partial charge in [0.1, 0.15) is 5.69 Å². The largest absolute Gasteiger partial charge is 0.453 e. The molecule has 0 aromatic heterocycles. The van der Waals surface area contributed by atoms with E-state index < -0.39 is 0 Å². The van der Waals surface area contributed by atoms with E-state index in [1.807, 2.05) is 0 Å². The van der Waals surface area contributed by atoms with E-state index in [1.54, 1.807) is 0 Å². The van der Waals surface area contributed by atoms with Gasteiger partial charge in [0.05, 0.1) is 17.3 Å². The summed E-state index contributed by atoms with van der Waals surface area (Å²) in [6.07, 6.45) is 2.33. The van der Waals surface area contributed by atoms with Crippen LogP contribution in [0.5, 0.6) is 23.0 Å². The standard InChI is InChI=1S/C51H28NO2/c1-4-16-35-29(10-1)13-7-19-38(35)32-22-43-41-28-42(41)44-23-33(39-20-8-14-30-11-2-5-17-36(30)39)25-46-50(44)52-49(43)45(24-32)53-47-26-34(27-48(54-46)51(47)52)40-21-9-15-31-12-3-6-18-37(31)40/h1-28H. The van der Waals surface area contributed by atoms with E-state index in [0.717, 1.165) is 62.3 Å². The average molecular weight is 687 g/mol. The number of anilines is 3. The summed E-state index contributed by atoms with van der Waals surface area (Å²) in [6.45, 7) is 0. The molecule has 13 rings (SSSR count). The van der Waals surface area contributed by atoms with Gasteiger partial charge in [-0.05, 0) is 113 Å². The molecule has 0 spiro atoms. The van der Waals surface area contributed by atoms with E-state index in [0.29, 0.717) is 0 Å². The second-order valence-electron chi connectivity index (χ2n) is 14.7. The molecular weight excluding hydrogens is 659 g/mol. The number of fused-ring (bicyclic) bond motifs is 6. The van der Waals surface area contributed by atoms with Crippen LogP contribution in [0.15, 0.2) is 170 Å². The zero-order chi connectivity index (χ0) is 35.1. The molecule has 3 heterocycles. The van der Waals surface area contributed by atoms with Crippen molar-refractivity contribution >= 4 is 55.0 Å². The third kappa shape index (κ3) is 3.85. The molecule has 0 bridgehead atoms. The summed E-state index contributed by atoms with van der Waals surface area (Å²) < 4.78 is 14.2. The monoisotopic (exact) mass is 686 g/mol. The van der Waals surface area contributed by atoms with Gasteiger partial charge in [0, 0.05) is 5.56 Å². The van der Waals surface area contributed by atoms with Gasteiger partial charge in [-0.3, -0.25) is 4.90 Å². The highest BCUT2D eigenvalue weighted by Gasteiger charge is 2.46. The fourth-order valence-electron chi connectivity index (χ4n) is 9.23. The van der Waals surface area contributed by atoms with Crippen LogP contribution < -0.4 is 14.4 Å². The molecule has 3 heteroatoms. The quantitative estimate of drug-likeness (QED) is 0.185. The van der Waals surface area contributed by atoms with Gasteiger partial charge in [-0.2, -0.15) is 0 Å². The van der Waals surface area contributed by atoms with Gasteiger partial charge in [0.2, 0.25) is 0 Å². The van der Waals surface area contributed by atoms with Crippen molar-refractivity contribution in [3.63, 3.8) is 0 Å². The smallest absolute Gasteiger partial charge is 0.156 e. The Morgan fingerprint density at radius 1 is 0.333 bits per heavy atom. The van der Waals surface area contributed by atoms with E-state index in [1.165, 1.54) is 66.1 Å². The van der Waals surface area contributed by atoms with Crippen molar-refractivity contribution in [2.75, 3.05) is 4.90 Å². The molecule has 9 aromatic carbocycles. The number of nitrogens with zero attached hydrogens (tertiary/aromatic N) is 1. The third-order valence-electron chi connectivity index (χ3n) is 11.7. The van der Waals surface area contributed by atoms with Crippen LogP contribution in [0.25, 0.3) is 71.3 Å². The first-order valence-electron chi connectivity index (χ1n) is 18.5. The number of ether oxygens (including phenoxy) is 2. The van der Waals surface area contributed by atoms with E-state index in [2.05, 4.69) is 175 Å². The molecule has 54 heavy (non-hydrogen) atoms. The fourth-order valence-corrected chi connectivity index (χ4v) is 9.23. The van der Waals surface area contributed by atoms with Crippen molar-refractivity contribution in [3.05, 3.63) is 187 Å².